The van der Waals surface area contributed by atoms with Crippen LogP contribution < -0.4 is 0 Å². The van der Waals surface area contributed by atoms with Crippen LogP contribution in [-0.4, -0.2) is 83.8 Å². The zero-order valence-corrected chi connectivity index (χ0v) is 32.2. The molecule has 0 aromatic heterocycles. The van der Waals surface area contributed by atoms with Gasteiger partial charge in [0.25, 0.3) is 11.2 Å². The molecule has 2 N–H and O–H groups in total. The summed E-state index contributed by atoms with van der Waals surface area (Å²) in [5.41, 5.74) is -10.5. The summed E-state index contributed by atoms with van der Waals surface area (Å²) in [5, 5.41) is 20.7. The standard InChI is InChI=1S/C39H48F12O8/c1-18(2)32(53)59-31-26-7-5-4-6-24(26)30(35(56,38(46,47)48)39(49,50)51)25-9-8-19(13-28(25)31)10-21(15-29(52)57-3)33(54)58-17-23-12-20-11-22(27(23)14-20)16-34(55,36(40,41)42)37(43,44)45/h10,19-20,22-28,30-31,55-56H,1,4-9,11-17H2,2-3H3/b21-10-. The Balaban J connectivity index is 1.41. The summed E-state index contributed by atoms with van der Waals surface area (Å²) in [7, 11) is 1.00. The van der Waals surface area contributed by atoms with Crippen molar-refractivity contribution in [3.8, 4) is 0 Å². The number of rotatable bonds is 11. The van der Waals surface area contributed by atoms with Gasteiger partial charge in [-0.25, -0.2) is 9.59 Å². The molecule has 5 saturated carbocycles. The van der Waals surface area contributed by atoms with Gasteiger partial charge in [-0.3, -0.25) is 4.79 Å². The number of allylic oxidation sites excluding steroid dienone is 1. The molecule has 336 valence electrons. The Morgan fingerprint density at radius 1 is 0.695 bits per heavy atom. The third kappa shape index (κ3) is 8.99. The van der Waals surface area contributed by atoms with Gasteiger partial charge in [0.15, 0.2) is 0 Å². The number of esters is 3. The molecule has 5 aliphatic rings. The molecule has 0 aromatic carbocycles. The van der Waals surface area contributed by atoms with Crippen molar-refractivity contribution in [2.75, 3.05) is 13.7 Å². The van der Waals surface area contributed by atoms with Crippen molar-refractivity contribution < 1.29 is 91.5 Å². The first kappa shape index (κ1) is 47.0. The number of hydrogen-bond donors (Lipinski definition) is 2. The van der Waals surface area contributed by atoms with Gasteiger partial charge in [0, 0.05) is 23.0 Å². The minimum Gasteiger partial charge on any atom is -0.469 e. The summed E-state index contributed by atoms with van der Waals surface area (Å²) in [6, 6.07) is 0. The molecule has 2 bridgehead atoms. The van der Waals surface area contributed by atoms with Crippen molar-refractivity contribution in [1.82, 2.24) is 0 Å². The first-order valence-electron chi connectivity index (χ1n) is 19.6. The molecule has 11 unspecified atom stereocenters. The highest BCUT2D eigenvalue weighted by Gasteiger charge is 2.78. The highest BCUT2D eigenvalue weighted by atomic mass is 19.4. The third-order valence-electron chi connectivity index (χ3n) is 13.8. The highest BCUT2D eigenvalue weighted by Crippen LogP contribution is 2.63. The Labute approximate surface area is 332 Å². The highest BCUT2D eigenvalue weighted by molar-refractivity contribution is 5.94. The Bertz CT molecular complexity index is 1590. The molecule has 0 amide bonds. The molecule has 5 fully saturated rings. The lowest BCUT2D eigenvalue weighted by Gasteiger charge is -2.59. The number of hydrogen-bond acceptors (Lipinski definition) is 8. The number of alkyl halides is 12. The smallest absolute Gasteiger partial charge is 0.426 e. The fourth-order valence-electron chi connectivity index (χ4n) is 11.3. The number of halogens is 12. The number of carbonyl (C=O) groups excluding carboxylic acids is 3. The van der Waals surface area contributed by atoms with Crippen molar-refractivity contribution in [2.45, 2.75) is 126 Å². The number of ether oxygens (including phenoxy) is 3. The van der Waals surface area contributed by atoms with Crippen LogP contribution in [0.25, 0.3) is 0 Å². The molecular formula is C39H48F12O8. The molecule has 0 spiro atoms. The summed E-state index contributed by atoms with van der Waals surface area (Å²) in [4.78, 5) is 38.9. The van der Waals surface area contributed by atoms with Gasteiger partial charge in [0.2, 0.25) is 0 Å². The van der Waals surface area contributed by atoms with E-state index in [2.05, 4.69) is 6.58 Å². The second-order valence-electron chi connectivity index (χ2n) is 17.3. The number of fused-ring (bicyclic) bond motifs is 4. The quantitative estimate of drug-likeness (QED) is 0.0917. The average molecular weight is 873 g/mol. The molecular weight excluding hydrogens is 824 g/mol. The number of carbonyl (C=O) groups is 3. The van der Waals surface area contributed by atoms with E-state index in [1.807, 2.05) is 0 Å². The summed E-state index contributed by atoms with van der Waals surface area (Å²) >= 11 is 0. The molecule has 59 heavy (non-hydrogen) atoms. The molecule has 0 aliphatic heterocycles. The van der Waals surface area contributed by atoms with E-state index in [0.29, 0.717) is 12.8 Å². The Kier molecular flexibility index (Phi) is 13.3. The van der Waals surface area contributed by atoms with Gasteiger partial charge in [0.05, 0.1) is 20.1 Å². The van der Waals surface area contributed by atoms with Crippen molar-refractivity contribution in [3.05, 3.63) is 23.8 Å². The first-order chi connectivity index (χ1) is 27.1. The SMILES string of the molecule is C=C(C)C(=O)OC1C2CCCCC2C(C(O)(C(F)(F)F)C(F)(F)F)C2CCC(/C=C(/CC(=O)OC)C(=O)OCC3CC4CC(CC(O)(C(F)(F)F)C(F)(F)F)C3C4)CC21. The van der Waals surface area contributed by atoms with Crippen LogP contribution in [0, 0.1) is 59.2 Å². The van der Waals surface area contributed by atoms with E-state index in [9.17, 15) is 77.3 Å². The molecule has 0 saturated heterocycles. The summed E-state index contributed by atoms with van der Waals surface area (Å²) in [5.74, 6) is -14.2. The van der Waals surface area contributed by atoms with E-state index in [1.54, 1.807) is 0 Å². The van der Waals surface area contributed by atoms with Crippen LogP contribution in [0.2, 0.25) is 0 Å². The van der Waals surface area contributed by atoms with E-state index < -0.39 is 133 Å². The van der Waals surface area contributed by atoms with Crippen molar-refractivity contribution in [1.29, 1.82) is 0 Å². The third-order valence-corrected chi connectivity index (χ3v) is 13.8. The zero-order chi connectivity index (χ0) is 44.3. The first-order valence-corrected chi connectivity index (χ1v) is 19.6. The summed E-state index contributed by atoms with van der Waals surface area (Å²) in [6.07, 6.45) is -26.1. The molecule has 8 nitrogen and oxygen atoms in total. The van der Waals surface area contributed by atoms with Crippen molar-refractivity contribution in [2.24, 2.45) is 59.2 Å². The maximum atomic E-state index is 14.6. The fraction of sp³-hybridized carbons (Fsp3) is 0.821. The largest absolute Gasteiger partial charge is 0.469 e. The summed E-state index contributed by atoms with van der Waals surface area (Å²) in [6.45, 7) is 4.38. The monoisotopic (exact) mass is 872 g/mol. The maximum absolute atomic E-state index is 14.6. The van der Waals surface area contributed by atoms with E-state index in [4.69, 9.17) is 14.2 Å². The second kappa shape index (κ2) is 16.7. The molecule has 5 aliphatic carbocycles. The van der Waals surface area contributed by atoms with E-state index >= 15 is 0 Å². The molecule has 0 aromatic rings. The molecule has 5 rings (SSSR count). The van der Waals surface area contributed by atoms with Gasteiger partial charge in [-0.1, -0.05) is 25.5 Å². The normalized spacial score (nSPS) is 33.2. The second-order valence-corrected chi connectivity index (χ2v) is 17.3. The van der Waals surface area contributed by atoms with Gasteiger partial charge in [-0.15, -0.1) is 0 Å². The minimum atomic E-state index is -6.13. The Morgan fingerprint density at radius 2 is 1.25 bits per heavy atom. The lowest BCUT2D eigenvalue weighted by atomic mass is 9.49. The molecule has 0 radical (unpaired) electrons. The number of methoxy groups -OCH3 is 1. The van der Waals surface area contributed by atoms with Gasteiger partial charge in [-0.2, -0.15) is 52.7 Å². The molecule has 11 atom stereocenters. The van der Waals surface area contributed by atoms with Gasteiger partial charge in [-0.05, 0) is 112 Å². The average Bonchev–Trinajstić information content (AvgIpc) is 3.71. The van der Waals surface area contributed by atoms with Crippen LogP contribution in [0.1, 0.15) is 84.0 Å². The number of aliphatic hydroxyl groups is 2. The van der Waals surface area contributed by atoms with E-state index in [-0.39, 0.29) is 68.4 Å². The lowest BCUT2D eigenvalue weighted by molar-refractivity contribution is -0.403. The molecule has 0 heterocycles. The van der Waals surface area contributed by atoms with Crippen LogP contribution in [-0.2, 0) is 28.6 Å². The predicted molar refractivity (Wildman–Crippen MR) is 180 cm³/mol. The van der Waals surface area contributed by atoms with Crippen LogP contribution in [0.4, 0.5) is 52.7 Å². The van der Waals surface area contributed by atoms with Crippen molar-refractivity contribution >= 4 is 17.9 Å². The van der Waals surface area contributed by atoms with Crippen LogP contribution >= 0.6 is 0 Å². The Hall–Kier alpha value is -3.03. The minimum absolute atomic E-state index is 0.0185. The van der Waals surface area contributed by atoms with Crippen molar-refractivity contribution in [3.63, 3.8) is 0 Å². The topological polar surface area (TPSA) is 119 Å². The predicted octanol–water partition coefficient (Wildman–Crippen LogP) is 8.74. The lowest BCUT2D eigenvalue weighted by Crippen LogP contribution is -2.69. The van der Waals surface area contributed by atoms with E-state index in [1.165, 1.54) is 13.0 Å². The van der Waals surface area contributed by atoms with E-state index in [0.717, 1.165) is 7.11 Å². The van der Waals surface area contributed by atoms with Crippen LogP contribution in [0.5, 0.6) is 0 Å². The van der Waals surface area contributed by atoms with Gasteiger partial charge in [0.1, 0.15) is 6.10 Å². The van der Waals surface area contributed by atoms with Crippen LogP contribution in [0.3, 0.4) is 0 Å². The molecule has 20 heteroatoms. The summed E-state index contributed by atoms with van der Waals surface area (Å²) < 4.78 is 184. The van der Waals surface area contributed by atoms with Gasteiger partial charge < -0.3 is 24.4 Å². The van der Waals surface area contributed by atoms with Crippen LogP contribution in [0.15, 0.2) is 23.8 Å². The zero-order valence-electron chi connectivity index (χ0n) is 32.2. The maximum Gasteiger partial charge on any atom is 0.426 e. The van der Waals surface area contributed by atoms with Gasteiger partial charge >= 0.3 is 42.6 Å². The fourth-order valence-corrected chi connectivity index (χ4v) is 11.3. The Morgan fingerprint density at radius 3 is 1.78 bits per heavy atom.